The number of halogens is 1. The fourth-order valence-electron chi connectivity index (χ4n) is 2.89. The topological polar surface area (TPSA) is 67.4 Å². The van der Waals surface area contributed by atoms with E-state index < -0.39 is 5.91 Å². The second-order valence-electron chi connectivity index (χ2n) is 7.12. The van der Waals surface area contributed by atoms with Crippen LogP contribution in [-0.4, -0.2) is 18.4 Å². The number of hydrogen-bond donors (Lipinski definition) is 2. The van der Waals surface area contributed by atoms with E-state index in [0.29, 0.717) is 28.6 Å². The van der Waals surface area contributed by atoms with Crippen LogP contribution in [0.4, 0.5) is 0 Å². The van der Waals surface area contributed by atoms with Crippen LogP contribution >= 0.6 is 11.6 Å². The van der Waals surface area contributed by atoms with E-state index in [-0.39, 0.29) is 11.6 Å². The van der Waals surface area contributed by atoms with E-state index in [9.17, 15) is 9.59 Å². The number of nitrogens with one attached hydrogen (secondary N) is 2. The zero-order chi connectivity index (χ0) is 22.8. The minimum absolute atomic E-state index is 0.151. The molecule has 0 aliphatic carbocycles. The minimum atomic E-state index is -0.393. The van der Waals surface area contributed by atoms with Crippen LogP contribution in [0.25, 0.3) is 6.08 Å². The molecule has 6 heteroatoms. The maximum absolute atomic E-state index is 12.8. The minimum Gasteiger partial charge on any atom is -0.457 e. The zero-order valence-corrected chi connectivity index (χ0v) is 18.6. The van der Waals surface area contributed by atoms with Gasteiger partial charge in [-0.05, 0) is 66.6 Å². The van der Waals surface area contributed by atoms with E-state index in [1.807, 2.05) is 55.5 Å². The van der Waals surface area contributed by atoms with E-state index in [1.54, 1.807) is 36.4 Å². The maximum Gasteiger partial charge on any atom is 0.267 e. The second-order valence-corrected chi connectivity index (χ2v) is 7.55. The molecule has 0 radical (unpaired) electrons. The van der Waals surface area contributed by atoms with E-state index >= 15 is 0 Å². The normalized spacial score (nSPS) is 11.0. The van der Waals surface area contributed by atoms with Gasteiger partial charge in [-0.2, -0.15) is 0 Å². The standard InChI is InChI=1S/C26H25ClN2O3/c1-2-3-16-28-26(31)24(29-25(30)20-12-14-21(27)15-13-20)18-19-8-7-11-23(17-19)32-22-9-5-4-6-10-22/h4-15,17-18H,2-3,16H2,1H3,(H,28,31)(H,29,30)/b24-18-. The van der Waals surface area contributed by atoms with Crippen molar-refractivity contribution in [2.75, 3.05) is 6.54 Å². The smallest absolute Gasteiger partial charge is 0.267 e. The van der Waals surface area contributed by atoms with Crippen molar-refractivity contribution >= 4 is 29.5 Å². The van der Waals surface area contributed by atoms with Crippen LogP contribution in [0.3, 0.4) is 0 Å². The molecule has 5 nitrogen and oxygen atoms in total. The number of amides is 2. The number of unbranched alkanes of at least 4 members (excludes halogenated alkanes) is 1. The first-order chi connectivity index (χ1) is 15.5. The summed E-state index contributed by atoms with van der Waals surface area (Å²) in [4.78, 5) is 25.5. The van der Waals surface area contributed by atoms with Crippen molar-refractivity contribution < 1.29 is 14.3 Å². The molecule has 0 aliphatic heterocycles. The Hall–Kier alpha value is -3.57. The van der Waals surface area contributed by atoms with Crippen molar-refractivity contribution in [3.8, 4) is 11.5 Å². The highest BCUT2D eigenvalue weighted by Gasteiger charge is 2.14. The van der Waals surface area contributed by atoms with Gasteiger partial charge in [0.1, 0.15) is 17.2 Å². The molecular formula is C26H25ClN2O3. The molecule has 0 aromatic heterocycles. The Morgan fingerprint density at radius 2 is 1.66 bits per heavy atom. The van der Waals surface area contributed by atoms with Gasteiger partial charge in [-0.15, -0.1) is 0 Å². The molecule has 0 unspecified atom stereocenters. The summed E-state index contributed by atoms with van der Waals surface area (Å²) in [5.41, 5.74) is 1.27. The number of para-hydroxylation sites is 1. The summed E-state index contributed by atoms with van der Waals surface area (Å²) in [5.74, 6) is 0.590. The SMILES string of the molecule is CCCCNC(=O)/C(=C/c1cccc(Oc2ccccc2)c1)NC(=O)c1ccc(Cl)cc1. The lowest BCUT2D eigenvalue weighted by Gasteiger charge is -2.12. The van der Waals surface area contributed by atoms with Gasteiger partial charge in [0, 0.05) is 17.1 Å². The predicted octanol–water partition coefficient (Wildman–Crippen LogP) is 5.82. The summed E-state index contributed by atoms with van der Waals surface area (Å²) in [6.07, 6.45) is 3.44. The Balaban J connectivity index is 1.83. The summed E-state index contributed by atoms with van der Waals surface area (Å²) in [6.45, 7) is 2.57. The monoisotopic (exact) mass is 448 g/mol. The van der Waals surface area contributed by atoms with Gasteiger partial charge in [-0.25, -0.2) is 0 Å². The number of carbonyl (C=O) groups is 2. The summed E-state index contributed by atoms with van der Waals surface area (Å²) in [6, 6.07) is 23.2. The Labute approximate surface area is 193 Å². The van der Waals surface area contributed by atoms with Crippen molar-refractivity contribution in [3.05, 3.63) is 101 Å². The van der Waals surface area contributed by atoms with Crippen molar-refractivity contribution in [2.24, 2.45) is 0 Å². The van der Waals surface area contributed by atoms with Crippen molar-refractivity contribution in [1.29, 1.82) is 0 Å². The molecule has 3 rings (SSSR count). The summed E-state index contributed by atoms with van der Waals surface area (Å²) < 4.78 is 5.87. The van der Waals surface area contributed by atoms with Gasteiger partial charge < -0.3 is 15.4 Å². The predicted molar refractivity (Wildman–Crippen MR) is 128 cm³/mol. The van der Waals surface area contributed by atoms with Crippen LogP contribution in [0, 0.1) is 0 Å². The first-order valence-corrected chi connectivity index (χ1v) is 10.8. The molecule has 3 aromatic rings. The first-order valence-electron chi connectivity index (χ1n) is 10.4. The molecule has 3 aromatic carbocycles. The van der Waals surface area contributed by atoms with Gasteiger partial charge in [-0.3, -0.25) is 9.59 Å². The van der Waals surface area contributed by atoms with Crippen molar-refractivity contribution in [3.63, 3.8) is 0 Å². The summed E-state index contributed by atoms with van der Waals surface area (Å²) >= 11 is 5.90. The Bertz CT molecular complexity index is 1080. The van der Waals surface area contributed by atoms with E-state index in [0.717, 1.165) is 18.4 Å². The van der Waals surface area contributed by atoms with Gasteiger partial charge in [-0.1, -0.05) is 55.3 Å². The summed E-state index contributed by atoms with van der Waals surface area (Å²) in [7, 11) is 0. The fourth-order valence-corrected chi connectivity index (χ4v) is 3.01. The van der Waals surface area contributed by atoms with Crippen LogP contribution in [0.5, 0.6) is 11.5 Å². The lowest BCUT2D eigenvalue weighted by atomic mass is 10.1. The van der Waals surface area contributed by atoms with E-state index in [2.05, 4.69) is 10.6 Å². The molecule has 0 atom stereocenters. The molecule has 0 fully saturated rings. The van der Waals surface area contributed by atoms with Gasteiger partial charge in [0.05, 0.1) is 0 Å². The second kappa shape index (κ2) is 11.7. The molecule has 0 aliphatic rings. The van der Waals surface area contributed by atoms with E-state index in [4.69, 9.17) is 16.3 Å². The molecule has 0 saturated heterocycles. The van der Waals surface area contributed by atoms with Crippen LogP contribution in [-0.2, 0) is 4.79 Å². The average Bonchev–Trinajstić information content (AvgIpc) is 2.80. The quantitative estimate of drug-likeness (QED) is 0.320. The molecule has 0 saturated carbocycles. The molecule has 0 spiro atoms. The first kappa shape index (κ1) is 23.1. The lowest BCUT2D eigenvalue weighted by molar-refractivity contribution is -0.117. The molecule has 32 heavy (non-hydrogen) atoms. The Morgan fingerprint density at radius 1 is 0.938 bits per heavy atom. The Kier molecular flexibility index (Phi) is 8.46. The highest BCUT2D eigenvalue weighted by Crippen LogP contribution is 2.22. The third-order valence-corrected chi connectivity index (χ3v) is 4.82. The van der Waals surface area contributed by atoms with Crippen LogP contribution in [0.2, 0.25) is 5.02 Å². The number of ether oxygens (including phenoxy) is 1. The number of benzene rings is 3. The number of rotatable bonds is 9. The van der Waals surface area contributed by atoms with Gasteiger partial charge in [0.25, 0.3) is 11.8 Å². The molecular weight excluding hydrogens is 424 g/mol. The van der Waals surface area contributed by atoms with Crippen molar-refractivity contribution in [1.82, 2.24) is 10.6 Å². The molecule has 0 heterocycles. The Morgan fingerprint density at radius 3 is 2.38 bits per heavy atom. The van der Waals surface area contributed by atoms with Gasteiger partial charge >= 0.3 is 0 Å². The highest BCUT2D eigenvalue weighted by molar-refractivity contribution is 6.30. The summed E-state index contributed by atoms with van der Waals surface area (Å²) in [5, 5.41) is 6.11. The van der Waals surface area contributed by atoms with Crippen molar-refractivity contribution in [2.45, 2.75) is 19.8 Å². The average molecular weight is 449 g/mol. The van der Waals surface area contributed by atoms with Crippen LogP contribution in [0.15, 0.2) is 84.6 Å². The molecule has 2 amide bonds. The molecule has 0 bridgehead atoms. The zero-order valence-electron chi connectivity index (χ0n) is 17.8. The van der Waals surface area contributed by atoms with Gasteiger partial charge in [0.2, 0.25) is 0 Å². The fraction of sp³-hybridized carbons (Fsp3) is 0.154. The molecule has 2 N–H and O–H groups in total. The van der Waals surface area contributed by atoms with Gasteiger partial charge in [0.15, 0.2) is 0 Å². The third kappa shape index (κ3) is 7.00. The lowest BCUT2D eigenvalue weighted by Crippen LogP contribution is -2.35. The third-order valence-electron chi connectivity index (χ3n) is 4.56. The largest absolute Gasteiger partial charge is 0.457 e. The highest BCUT2D eigenvalue weighted by atomic mass is 35.5. The van der Waals surface area contributed by atoms with E-state index in [1.165, 1.54) is 0 Å². The maximum atomic E-state index is 12.8. The molecule has 164 valence electrons. The number of carbonyl (C=O) groups excluding carboxylic acids is 2. The van der Waals surface area contributed by atoms with Crippen LogP contribution in [0.1, 0.15) is 35.7 Å². The van der Waals surface area contributed by atoms with Crippen LogP contribution < -0.4 is 15.4 Å². The number of hydrogen-bond acceptors (Lipinski definition) is 3.